The van der Waals surface area contributed by atoms with E-state index in [-0.39, 0.29) is 30.4 Å². The lowest BCUT2D eigenvalue weighted by Crippen LogP contribution is -2.60. The molecule has 2 aliphatic rings. The van der Waals surface area contributed by atoms with Crippen LogP contribution in [0.25, 0.3) is 0 Å². The molecule has 18 heavy (non-hydrogen) atoms. The minimum atomic E-state index is -0.301. The predicted molar refractivity (Wildman–Crippen MR) is 73.5 cm³/mol. The summed E-state index contributed by atoms with van der Waals surface area (Å²) in [5.41, 5.74) is 0. The van der Waals surface area contributed by atoms with Crippen LogP contribution in [0.1, 0.15) is 39.0 Å². The van der Waals surface area contributed by atoms with Crippen LogP contribution in [-0.4, -0.2) is 46.8 Å². The molecular weight excluding hydrogens is 248 g/mol. The molecule has 0 spiro atoms. The molecule has 1 aliphatic heterocycles. The van der Waals surface area contributed by atoms with Gasteiger partial charge in [-0.1, -0.05) is 6.92 Å². The van der Waals surface area contributed by atoms with E-state index >= 15 is 0 Å². The Kier molecular flexibility index (Phi) is 4.54. The minimum Gasteiger partial charge on any atom is -0.343 e. The van der Waals surface area contributed by atoms with E-state index in [1.54, 1.807) is 0 Å². The van der Waals surface area contributed by atoms with Crippen LogP contribution in [0.5, 0.6) is 0 Å². The summed E-state index contributed by atoms with van der Waals surface area (Å²) in [5, 5.41) is 3.50. The maximum atomic E-state index is 12.3. The molecule has 0 radical (unpaired) electrons. The van der Waals surface area contributed by atoms with E-state index in [2.05, 4.69) is 11.6 Å². The van der Waals surface area contributed by atoms with E-state index in [1.807, 2.05) is 23.6 Å². The number of nitrogens with zero attached hydrogens (tertiary/aromatic N) is 1. The fraction of sp³-hybridized carbons (Fsp3) is 0.846. The molecule has 1 atom stereocenters. The Balaban J connectivity index is 1.99. The van der Waals surface area contributed by atoms with Crippen molar-refractivity contribution < 1.29 is 9.59 Å². The summed E-state index contributed by atoms with van der Waals surface area (Å²) in [5.74, 6) is 0.109. The van der Waals surface area contributed by atoms with Gasteiger partial charge in [0.1, 0.15) is 6.04 Å². The lowest BCUT2D eigenvalue weighted by atomic mass is 9.92. The van der Waals surface area contributed by atoms with Crippen molar-refractivity contribution in [3.63, 3.8) is 0 Å². The van der Waals surface area contributed by atoms with Crippen LogP contribution in [0, 0.1) is 0 Å². The summed E-state index contributed by atoms with van der Waals surface area (Å²) in [6.07, 6.45) is 7.24. The second kappa shape index (κ2) is 5.95. The van der Waals surface area contributed by atoms with Crippen LogP contribution >= 0.6 is 11.8 Å². The number of carbonyl (C=O) groups excluding carboxylic acids is 2. The molecule has 2 rings (SSSR count). The van der Waals surface area contributed by atoms with Gasteiger partial charge < -0.3 is 10.2 Å². The van der Waals surface area contributed by atoms with Crippen LogP contribution in [0.2, 0.25) is 0 Å². The molecule has 1 saturated carbocycles. The lowest BCUT2D eigenvalue weighted by Gasteiger charge is -2.40. The van der Waals surface area contributed by atoms with Gasteiger partial charge >= 0.3 is 0 Å². The van der Waals surface area contributed by atoms with Crippen LogP contribution in [-0.2, 0) is 9.59 Å². The number of amides is 2. The zero-order valence-corrected chi connectivity index (χ0v) is 12.0. The molecule has 102 valence electrons. The van der Waals surface area contributed by atoms with E-state index in [0.29, 0.717) is 6.42 Å². The normalized spacial score (nSPS) is 33.4. The minimum absolute atomic E-state index is 0.00607. The van der Waals surface area contributed by atoms with E-state index in [1.165, 1.54) is 0 Å². The fourth-order valence-electron chi connectivity index (χ4n) is 2.91. The maximum Gasteiger partial charge on any atom is 0.245 e. The molecule has 2 amide bonds. The fourth-order valence-corrected chi connectivity index (χ4v) is 3.66. The molecule has 1 aliphatic carbocycles. The van der Waals surface area contributed by atoms with Gasteiger partial charge in [0.05, 0.1) is 6.54 Å². The summed E-state index contributed by atoms with van der Waals surface area (Å²) in [4.78, 5) is 25.7. The number of hydrogen-bond donors (Lipinski definition) is 1. The van der Waals surface area contributed by atoms with Crippen molar-refractivity contribution >= 4 is 23.6 Å². The van der Waals surface area contributed by atoms with Gasteiger partial charge in [-0.3, -0.25) is 9.59 Å². The highest BCUT2D eigenvalue weighted by molar-refractivity contribution is 7.99. The first kappa shape index (κ1) is 13.7. The molecule has 0 aromatic heterocycles. The summed E-state index contributed by atoms with van der Waals surface area (Å²) >= 11 is 1.92. The van der Waals surface area contributed by atoms with Gasteiger partial charge in [-0.15, -0.1) is 0 Å². The molecule has 0 aromatic rings. The summed E-state index contributed by atoms with van der Waals surface area (Å²) < 4.78 is 0. The molecule has 0 aromatic carbocycles. The number of piperazine rings is 1. The van der Waals surface area contributed by atoms with E-state index in [9.17, 15) is 9.59 Å². The number of rotatable bonds is 3. The van der Waals surface area contributed by atoms with Crippen molar-refractivity contribution in [2.75, 3.05) is 12.8 Å². The van der Waals surface area contributed by atoms with Crippen molar-refractivity contribution in [3.8, 4) is 0 Å². The third-order valence-electron chi connectivity index (χ3n) is 4.06. The largest absolute Gasteiger partial charge is 0.343 e. The van der Waals surface area contributed by atoms with Gasteiger partial charge in [0, 0.05) is 11.3 Å². The van der Waals surface area contributed by atoms with Crippen LogP contribution in [0.3, 0.4) is 0 Å². The highest BCUT2D eigenvalue weighted by Crippen LogP contribution is 2.30. The Morgan fingerprint density at radius 1 is 1.28 bits per heavy atom. The zero-order valence-electron chi connectivity index (χ0n) is 11.1. The zero-order chi connectivity index (χ0) is 13.1. The standard InChI is InChI=1S/C13H22N2O2S/c1-3-11-13(17)15(8-12(16)14-11)9-4-6-10(18-2)7-5-9/h9-11H,3-8H2,1-2H3,(H,14,16). The number of nitrogens with one attached hydrogen (secondary N) is 1. The van der Waals surface area contributed by atoms with Crippen LogP contribution in [0.15, 0.2) is 0 Å². The molecule has 2 fully saturated rings. The average Bonchev–Trinajstić information content (AvgIpc) is 2.41. The molecule has 1 unspecified atom stereocenters. The van der Waals surface area contributed by atoms with Gasteiger partial charge in [0.2, 0.25) is 11.8 Å². The Morgan fingerprint density at radius 2 is 1.94 bits per heavy atom. The van der Waals surface area contributed by atoms with E-state index in [4.69, 9.17) is 0 Å². The monoisotopic (exact) mass is 270 g/mol. The van der Waals surface area contributed by atoms with Gasteiger partial charge in [-0.05, 0) is 38.4 Å². The highest BCUT2D eigenvalue weighted by Gasteiger charge is 2.36. The SMILES string of the molecule is CCC1NC(=O)CN(C2CCC(SC)CC2)C1=O. The second-order valence-corrected chi connectivity index (χ2v) is 6.30. The highest BCUT2D eigenvalue weighted by atomic mass is 32.2. The van der Waals surface area contributed by atoms with E-state index in [0.717, 1.165) is 30.9 Å². The Labute approximate surface area is 113 Å². The van der Waals surface area contributed by atoms with Crippen molar-refractivity contribution in [2.45, 2.75) is 56.4 Å². The second-order valence-electron chi connectivity index (χ2n) is 5.16. The molecule has 1 saturated heterocycles. The summed E-state index contributed by atoms with van der Waals surface area (Å²) in [7, 11) is 0. The Morgan fingerprint density at radius 3 is 2.50 bits per heavy atom. The molecule has 4 nitrogen and oxygen atoms in total. The first-order chi connectivity index (χ1) is 8.65. The van der Waals surface area contributed by atoms with Crippen LogP contribution < -0.4 is 5.32 Å². The topological polar surface area (TPSA) is 49.4 Å². The molecule has 1 heterocycles. The first-order valence-corrected chi connectivity index (χ1v) is 8.07. The molecule has 0 bridgehead atoms. The number of hydrogen-bond acceptors (Lipinski definition) is 3. The smallest absolute Gasteiger partial charge is 0.245 e. The average molecular weight is 270 g/mol. The van der Waals surface area contributed by atoms with Gasteiger partial charge in [0.25, 0.3) is 0 Å². The van der Waals surface area contributed by atoms with Gasteiger partial charge in [-0.25, -0.2) is 0 Å². The summed E-state index contributed by atoms with van der Waals surface area (Å²) in [6.45, 7) is 2.20. The van der Waals surface area contributed by atoms with Crippen LogP contribution in [0.4, 0.5) is 0 Å². The maximum absolute atomic E-state index is 12.3. The van der Waals surface area contributed by atoms with Gasteiger partial charge in [0.15, 0.2) is 0 Å². The van der Waals surface area contributed by atoms with Crippen molar-refractivity contribution in [1.82, 2.24) is 10.2 Å². The first-order valence-electron chi connectivity index (χ1n) is 6.78. The summed E-state index contributed by atoms with van der Waals surface area (Å²) in [6, 6.07) is -0.0227. The van der Waals surface area contributed by atoms with Crippen molar-refractivity contribution in [1.29, 1.82) is 0 Å². The van der Waals surface area contributed by atoms with Gasteiger partial charge in [-0.2, -0.15) is 11.8 Å². The quantitative estimate of drug-likeness (QED) is 0.843. The molecule has 1 N–H and O–H groups in total. The number of thioether (sulfide) groups is 1. The third kappa shape index (κ3) is 2.82. The molecule has 5 heteroatoms. The Bertz CT molecular complexity index is 327. The lowest BCUT2D eigenvalue weighted by molar-refractivity contribution is -0.147. The van der Waals surface area contributed by atoms with Crippen molar-refractivity contribution in [2.24, 2.45) is 0 Å². The predicted octanol–water partition coefficient (Wildman–Crippen LogP) is 1.40. The van der Waals surface area contributed by atoms with Crippen molar-refractivity contribution in [3.05, 3.63) is 0 Å². The Hall–Kier alpha value is -0.710. The number of carbonyl (C=O) groups is 2. The molecular formula is C13H22N2O2S. The van der Waals surface area contributed by atoms with E-state index < -0.39 is 0 Å². The third-order valence-corrected chi connectivity index (χ3v) is 5.19.